The van der Waals surface area contributed by atoms with E-state index in [1.54, 1.807) is 23.5 Å². The van der Waals surface area contributed by atoms with Crippen LogP contribution in [0.3, 0.4) is 0 Å². The molecule has 33 heavy (non-hydrogen) atoms. The van der Waals surface area contributed by atoms with E-state index in [1.807, 2.05) is 36.4 Å². The SMILES string of the molecule is CCc1cc(C(c2cccc(F)c2)[NH+]2CC[NH+](CCO)CC2)c(NC(=O)c2ccccc2)s1. The fourth-order valence-corrected chi connectivity index (χ4v) is 5.68. The van der Waals surface area contributed by atoms with E-state index < -0.39 is 0 Å². The highest BCUT2D eigenvalue weighted by atomic mass is 32.1. The highest BCUT2D eigenvalue weighted by Gasteiger charge is 2.34. The van der Waals surface area contributed by atoms with Crippen molar-refractivity contribution in [1.29, 1.82) is 0 Å². The smallest absolute Gasteiger partial charge is 0.256 e. The summed E-state index contributed by atoms with van der Waals surface area (Å²) < 4.78 is 14.3. The second kappa shape index (κ2) is 11.0. The Morgan fingerprint density at radius 3 is 2.52 bits per heavy atom. The molecule has 7 heteroatoms. The number of hydrogen-bond acceptors (Lipinski definition) is 3. The number of benzene rings is 2. The van der Waals surface area contributed by atoms with E-state index in [2.05, 4.69) is 18.3 Å². The number of carbonyl (C=O) groups excluding carboxylic acids is 1. The molecule has 1 unspecified atom stereocenters. The van der Waals surface area contributed by atoms with Gasteiger partial charge in [-0.05, 0) is 36.8 Å². The number of halogens is 1. The van der Waals surface area contributed by atoms with Crippen LogP contribution in [0.25, 0.3) is 0 Å². The molecule has 4 N–H and O–H groups in total. The van der Waals surface area contributed by atoms with E-state index in [0.717, 1.165) is 55.3 Å². The van der Waals surface area contributed by atoms with Crippen molar-refractivity contribution in [1.82, 2.24) is 0 Å². The number of aryl methyl sites for hydroxylation is 1. The molecular formula is C26H32FN3O2S+2. The summed E-state index contributed by atoms with van der Waals surface area (Å²) in [5.41, 5.74) is 2.59. The average molecular weight is 470 g/mol. The Kier molecular flexibility index (Phi) is 7.88. The number of nitrogens with one attached hydrogen (secondary N) is 3. The summed E-state index contributed by atoms with van der Waals surface area (Å²) in [7, 11) is 0. The normalized spacial score (nSPS) is 19.2. The van der Waals surface area contributed by atoms with Crippen LogP contribution in [0.1, 0.15) is 39.3 Å². The van der Waals surface area contributed by atoms with Crippen molar-refractivity contribution in [3.05, 3.63) is 88.0 Å². The quantitative estimate of drug-likeness (QED) is 0.405. The first-order valence-electron chi connectivity index (χ1n) is 11.6. The number of thiophene rings is 1. The molecule has 5 nitrogen and oxygen atoms in total. The van der Waals surface area contributed by atoms with Gasteiger partial charge in [-0.15, -0.1) is 11.3 Å². The number of piperazine rings is 1. The number of carbonyl (C=O) groups is 1. The number of aliphatic hydroxyl groups excluding tert-OH is 1. The third-order valence-electron chi connectivity index (χ3n) is 6.39. The molecule has 2 aromatic carbocycles. The maximum Gasteiger partial charge on any atom is 0.256 e. The van der Waals surface area contributed by atoms with Gasteiger partial charge in [-0.2, -0.15) is 0 Å². The van der Waals surface area contributed by atoms with Crippen molar-refractivity contribution in [3.8, 4) is 0 Å². The largest absolute Gasteiger partial charge is 0.391 e. The van der Waals surface area contributed by atoms with Gasteiger partial charge >= 0.3 is 0 Å². The molecule has 1 aromatic heterocycles. The van der Waals surface area contributed by atoms with Crippen LogP contribution in [0.5, 0.6) is 0 Å². The molecule has 1 aliphatic rings. The van der Waals surface area contributed by atoms with Crippen LogP contribution in [0.15, 0.2) is 60.7 Å². The summed E-state index contributed by atoms with van der Waals surface area (Å²) in [6.45, 7) is 6.81. The maximum absolute atomic E-state index is 14.3. The lowest BCUT2D eigenvalue weighted by Gasteiger charge is -2.35. The second-order valence-electron chi connectivity index (χ2n) is 8.54. The predicted octanol–water partition coefficient (Wildman–Crippen LogP) is 1.57. The van der Waals surface area contributed by atoms with Crippen molar-refractivity contribution in [2.75, 3.05) is 44.6 Å². The third-order valence-corrected chi connectivity index (χ3v) is 7.60. The minimum absolute atomic E-state index is 0.0704. The lowest BCUT2D eigenvalue weighted by atomic mass is 9.97. The average Bonchev–Trinajstić information content (AvgIpc) is 3.23. The number of aliphatic hydroxyl groups is 1. The lowest BCUT2D eigenvalue weighted by Crippen LogP contribution is -3.28. The highest BCUT2D eigenvalue weighted by Crippen LogP contribution is 2.35. The second-order valence-corrected chi connectivity index (χ2v) is 9.68. The van der Waals surface area contributed by atoms with Crippen LogP contribution in [0.4, 0.5) is 9.39 Å². The van der Waals surface area contributed by atoms with E-state index >= 15 is 0 Å². The zero-order valence-electron chi connectivity index (χ0n) is 18.9. The fraction of sp³-hybridized carbons (Fsp3) is 0.346. The number of hydrogen-bond donors (Lipinski definition) is 4. The summed E-state index contributed by atoms with van der Waals surface area (Å²) in [6.07, 6.45) is 0.874. The van der Waals surface area contributed by atoms with Crippen LogP contribution in [0.2, 0.25) is 0 Å². The van der Waals surface area contributed by atoms with E-state index in [0.29, 0.717) is 5.56 Å². The zero-order valence-corrected chi connectivity index (χ0v) is 19.8. The van der Waals surface area contributed by atoms with Crippen molar-refractivity contribution in [3.63, 3.8) is 0 Å². The molecule has 0 bridgehead atoms. The maximum atomic E-state index is 14.3. The number of rotatable bonds is 8. The summed E-state index contributed by atoms with van der Waals surface area (Å²) in [6, 6.07) is 18.2. The molecule has 0 spiro atoms. The van der Waals surface area contributed by atoms with Gasteiger partial charge in [-0.3, -0.25) is 4.79 Å². The van der Waals surface area contributed by atoms with Gasteiger partial charge in [-0.1, -0.05) is 37.3 Å². The zero-order chi connectivity index (χ0) is 23.2. The summed E-state index contributed by atoms with van der Waals surface area (Å²) in [4.78, 5) is 16.9. The van der Waals surface area contributed by atoms with Gasteiger partial charge in [0.2, 0.25) is 0 Å². The van der Waals surface area contributed by atoms with E-state index in [1.165, 1.54) is 20.7 Å². The van der Waals surface area contributed by atoms with Crippen LogP contribution >= 0.6 is 11.3 Å². The van der Waals surface area contributed by atoms with Crippen LogP contribution < -0.4 is 15.1 Å². The predicted molar refractivity (Wildman–Crippen MR) is 130 cm³/mol. The van der Waals surface area contributed by atoms with Crippen LogP contribution in [-0.2, 0) is 6.42 Å². The fourth-order valence-electron chi connectivity index (χ4n) is 4.65. The van der Waals surface area contributed by atoms with Gasteiger partial charge in [0.25, 0.3) is 5.91 Å². The first-order valence-corrected chi connectivity index (χ1v) is 12.4. The van der Waals surface area contributed by atoms with Crippen LogP contribution in [0, 0.1) is 5.82 Å². The Hall–Kier alpha value is -2.58. The number of amides is 1. The molecule has 174 valence electrons. The molecule has 0 saturated carbocycles. The molecule has 1 saturated heterocycles. The van der Waals surface area contributed by atoms with Gasteiger partial charge in [0, 0.05) is 21.6 Å². The van der Waals surface area contributed by atoms with E-state index in [-0.39, 0.29) is 24.4 Å². The van der Waals surface area contributed by atoms with E-state index in [4.69, 9.17) is 0 Å². The molecule has 2 heterocycles. The molecule has 0 aliphatic carbocycles. The van der Waals surface area contributed by atoms with Crippen molar-refractivity contribution in [2.24, 2.45) is 0 Å². The standard InChI is InChI=1S/C26H30FN3O2S/c1-2-22-18-23(26(33-22)28-25(32)19-7-4-3-5-8-19)24(20-9-6-10-21(27)17-20)30-13-11-29(12-14-30)15-16-31/h3-10,17-18,24,31H,2,11-16H2,1H3,(H,28,32)/p+2. The number of anilines is 1. The highest BCUT2D eigenvalue weighted by molar-refractivity contribution is 7.16. The molecule has 1 fully saturated rings. The van der Waals surface area contributed by atoms with Gasteiger partial charge in [0.15, 0.2) is 0 Å². The minimum Gasteiger partial charge on any atom is -0.391 e. The van der Waals surface area contributed by atoms with Gasteiger partial charge in [0.1, 0.15) is 49.6 Å². The Morgan fingerprint density at radius 1 is 1.09 bits per heavy atom. The topological polar surface area (TPSA) is 58.2 Å². The molecule has 4 rings (SSSR count). The lowest BCUT2D eigenvalue weighted by molar-refractivity contribution is -1.02. The molecule has 1 atom stereocenters. The van der Waals surface area contributed by atoms with Crippen molar-refractivity contribution < 1.29 is 24.1 Å². The summed E-state index contributed by atoms with van der Waals surface area (Å²) >= 11 is 1.61. The van der Waals surface area contributed by atoms with Crippen molar-refractivity contribution >= 4 is 22.2 Å². The third kappa shape index (κ3) is 5.68. The molecule has 1 amide bonds. The first kappa shape index (κ1) is 23.6. The van der Waals surface area contributed by atoms with Gasteiger partial charge < -0.3 is 20.2 Å². The Morgan fingerprint density at radius 2 is 1.85 bits per heavy atom. The summed E-state index contributed by atoms with van der Waals surface area (Å²) in [5.74, 6) is -0.381. The molecule has 0 radical (unpaired) electrons. The Labute approximate surface area is 198 Å². The molecule has 1 aliphatic heterocycles. The van der Waals surface area contributed by atoms with Gasteiger partial charge in [-0.25, -0.2) is 4.39 Å². The molecule has 3 aromatic rings. The Bertz CT molecular complexity index is 1060. The van der Waals surface area contributed by atoms with Crippen LogP contribution in [-0.4, -0.2) is 50.3 Å². The first-order chi connectivity index (χ1) is 16.1. The number of quaternary nitrogens is 2. The summed E-state index contributed by atoms with van der Waals surface area (Å²) in [5, 5.41) is 13.3. The monoisotopic (exact) mass is 469 g/mol. The molecular weight excluding hydrogens is 437 g/mol. The Balaban J connectivity index is 1.69. The minimum atomic E-state index is -0.248. The van der Waals surface area contributed by atoms with E-state index in [9.17, 15) is 14.3 Å². The van der Waals surface area contributed by atoms with Gasteiger partial charge in [0.05, 0.1) is 6.61 Å². The van der Waals surface area contributed by atoms with Crippen molar-refractivity contribution in [2.45, 2.75) is 19.4 Å².